The molecule has 2 N–H and O–H groups in total. The molecular weight excluding hydrogens is 481 g/mol. The summed E-state index contributed by atoms with van der Waals surface area (Å²) >= 11 is 0. The van der Waals surface area contributed by atoms with Crippen molar-refractivity contribution in [3.8, 4) is 0 Å². The van der Waals surface area contributed by atoms with E-state index in [4.69, 9.17) is 4.74 Å². The van der Waals surface area contributed by atoms with Crippen molar-refractivity contribution in [2.24, 2.45) is 4.99 Å². The van der Waals surface area contributed by atoms with Crippen LogP contribution in [0.1, 0.15) is 19.4 Å². The molecule has 1 aromatic rings. The summed E-state index contributed by atoms with van der Waals surface area (Å²) in [7, 11) is 3.49. The maximum absolute atomic E-state index is 11.9. The number of benzene rings is 1. The van der Waals surface area contributed by atoms with Crippen molar-refractivity contribution < 1.29 is 9.53 Å². The zero-order chi connectivity index (χ0) is 20.4. The van der Waals surface area contributed by atoms with Crippen molar-refractivity contribution in [3.05, 3.63) is 35.9 Å². The van der Waals surface area contributed by atoms with Crippen molar-refractivity contribution in [3.63, 3.8) is 0 Å². The number of carbonyl (C=O) groups is 1. The van der Waals surface area contributed by atoms with Gasteiger partial charge >= 0.3 is 0 Å². The molecular formula is C21H36IN5O2. The molecule has 1 saturated heterocycles. The SMILES string of the molecule is CN(C)C(=O)CN=C(NCCN1CCOCC1)NCC(C)(C)c1ccccc1.I. The monoisotopic (exact) mass is 517 g/mol. The number of hydrogen-bond acceptors (Lipinski definition) is 4. The van der Waals surface area contributed by atoms with Crippen LogP contribution in [0, 0.1) is 0 Å². The molecule has 0 aliphatic carbocycles. The van der Waals surface area contributed by atoms with Gasteiger partial charge in [0.15, 0.2) is 5.96 Å². The van der Waals surface area contributed by atoms with Crippen molar-refractivity contribution >= 4 is 35.8 Å². The number of likely N-dealkylation sites (N-methyl/N-ethyl adjacent to an activating group) is 1. The van der Waals surface area contributed by atoms with Gasteiger partial charge in [0.2, 0.25) is 5.91 Å². The van der Waals surface area contributed by atoms with Gasteiger partial charge in [-0.15, -0.1) is 24.0 Å². The molecule has 0 saturated carbocycles. The second-order valence-corrected chi connectivity index (χ2v) is 7.94. The third kappa shape index (κ3) is 9.31. The van der Waals surface area contributed by atoms with Gasteiger partial charge in [0.25, 0.3) is 0 Å². The molecule has 1 aliphatic rings. The van der Waals surface area contributed by atoms with Crippen LogP contribution in [0.15, 0.2) is 35.3 Å². The third-order valence-corrected chi connectivity index (χ3v) is 4.95. The molecule has 8 heteroatoms. The second-order valence-electron chi connectivity index (χ2n) is 7.94. The van der Waals surface area contributed by atoms with Crippen LogP contribution in [0.4, 0.5) is 0 Å². The molecule has 1 aliphatic heterocycles. The van der Waals surface area contributed by atoms with Crippen molar-refractivity contribution in [2.45, 2.75) is 19.3 Å². The largest absolute Gasteiger partial charge is 0.379 e. The highest BCUT2D eigenvalue weighted by atomic mass is 127. The van der Waals surface area contributed by atoms with Crippen LogP contribution in [0.5, 0.6) is 0 Å². The summed E-state index contributed by atoms with van der Waals surface area (Å²) in [6.45, 7) is 10.5. The van der Waals surface area contributed by atoms with Crippen molar-refractivity contribution in [2.75, 3.05) is 66.6 Å². The number of carbonyl (C=O) groups excluding carboxylic acids is 1. The topological polar surface area (TPSA) is 69.2 Å². The van der Waals surface area contributed by atoms with Crippen LogP contribution in [-0.4, -0.2) is 88.2 Å². The summed E-state index contributed by atoms with van der Waals surface area (Å²) in [5.41, 5.74) is 1.21. The zero-order valence-electron chi connectivity index (χ0n) is 18.1. The van der Waals surface area contributed by atoms with E-state index in [0.29, 0.717) is 5.96 Å². The number of ether oxygens (including phenoxy) is 1. The number of nitrogens with one attached hydrogen (secondary N) is 2. The van der Waals surface area contributed by atoms with Gasteiger partial charge in [0.05, 0.1) is 13.2 Å². The molecule has 2 rings (SSSR count). The summed E-state index contributed by atoms with van der Waals surface area (Å²) in [4.78, 5) is 20.3. The fraction of sp³-hybridized carbons (Fsp3) is 0.619. The molecule has 1 amide bonds. The molecule has 0 atom stereocenters. The molecule has 0 unspecified atom stereocenters. The molecule has 0 radical (unpaired) electrons. The van der Waals surface area contributed by atoms with Gasteiger partial charge in [-0.05, 0) is 5.56 Å². The normalized spacial score (nSPS) is 15.4. The molecule has 7 nitrogen and oxygen atoms in total. The van der Waals surface area contributed by atoms with Crippen molar-refractivity contribution in [1.82, 2.24) is 20.4 Å². The summed E-state index contributed by atoms with van der Waals surface area (Å²) in [5, 5.41) is 6.79. The van der Waals surface area contributed by atoms with Gasteiger partial charge in [0.1, 0.15) is 6.54 Å². The Morgan fingerprint density at radius 2 is 1.83 bits per heavy atom. The molecule has 0 spiro atoms. The van der Waals surface area contributed by atoms with Crippen LogP contribution in [-0.2, 0) is 14.9 Å². The Kier molecular flexibility index (Phi) is 11.5. The smallest absolute Gasteiger partial charge is 0.243 e. The van der Waals surface area contributed by atoms with E-state index >= 15 is 0 Å². The lowest BCUT2D eigenvalue weighted by Crippen LogP contribution is -2.47. The zero-order valence-corrected chi connectivity index (χ0v) is 20.4. The van der Waals surface area contributed by atoms with Gasteiger partial charge in [-0.3, -0.25) is 9.69 Å². The van der Waals surface area contributed by atoms with Gasteiger partial charge in [-0.25, -0.2) is 4.99 Å². The molecule has 29 heavy (non-hydrogen) atoms. The lowest BCUT2D eigenvalue weighted by molar-refractivity contribution is -0.127. The first kappa shape index (κ1) is 25.6. The highest BCUT2D eigenvalue weighted by Gasteiger charge is 2.21. The maximum atomic E-state index is 11.9. The highest BCUT2D eigenvalue weighted by molar-refractivity contribution is 14.0. The number of amides is 1. The van der Waals surface area contributed by atoms with Gasteiger partial charge < -0.3 is 20.3 Å². The summed E-state index contributed by atoms with van der Waals surface area (Å²) < 4.78 is 5.39. The minimum Gasteiger partial charge on any atom is -0.379 e. The van der Waals surface area contributed by atoms with Gasteiger partial charge in [-0.1, -0.05) is 44.2 Å². The van der Waals surface area contributed by atoms with Crippen LogP contribution >= 0.6 is 24.0 Å². The molecule has 0 bridgehead atoms. The Bertz CT molecular complexity index is 631. The molecule has 0 aromatic heterocycles. The van der Waals surface area contributed by atoms with E-state index in [1.54, 1.807) is 19.0 Å². The molecule has 1 fully saturated rings. The first-order chi connectivity index (χ1) is 13.4. The first-order valence-corrected chi connectivity index (χ1v) is 9.96. The lowest BCUT2D eigenvalue weighted by atomic mass is 9.85. The summed E-state index contributed by atoms with van der Waals surface area (Å²) in [6.07, 6.45) is 0. The predicted molar refractivity (Wildman–Crippen MR) is 129 cm³/mol. The number of rotatable bonds is 8. The van der Waals surface area contributed by atoms with E-state index < -0.39 is 0 Å². The Morgan fingerprint density at radius 3 is 2.45 bits per heavy atom. The average molecular weight is 517 g/mol. The number of morpholine rings is 1. The second kappa shape index (κ2) is 13.0. The van der Waals surface area contributed by atoms with Crippen molar-refractivity contribution in [1.29, 1.82) is 0 Å². The van der Waals surface area contributed by atoms with E-state index in [2.05, 4.69) is 58.6 Å². The number of halogens is 1. The van der Waals surface area contributed by atoms with E-state index in [0.717, 1.165) is 45.9 Å². The average Bonchev–Trinajstić information content (AvgIpc) is 2.70. The number of hydrogen-bond donors (Lipinski definition) is 2. The molecule has 1 aromatic carbocycles. The van der Waals surface area contributed by atoms with E-state index in [1.165, 1.54) is 5.56 Å². The number of guanidine groups is 1. The van der Waals surface area contributed by atoms with Crippen LogP contribution in [0.3, 0.4) is 0 Å². The fourth-order valence-corrected chi connectivity index (χ4v) is 2.92. The standard InChI is InChI=1S/C21H35N5O2.HI/c1-21(2,18-8-6-5-7-9-18)17-24-20(23-16-19(27)25(3)4)22-10-11-26-12-14-28-15-13-26;/h5-9H,10-17H2,1-4H3,(H2,22,23,24);1H. The molecule has 164 valence electrons. The van der Waals surface area contributed by atoms with Crippen LogP contribution in [0.2, 0.25) is 0 Å². The third-order valence-electron chi connectivity index (χ3n) is 4.95. The number of nitrogens with zero attached hydrogens (tertiary/aromatic N) is 3. The first-order valence-electron chi connectivity index (χ1n) is 9.96. The molecule has 1 heterocycles. The van der Waals surface area contributed by atoms with Gasteiger partial charge in [-0.2, -0.15) is 0 Å². The Hall–Kier alpha value is -1.39. The summed E-state index contributed by atoms with van der Waals surface area (Å²) in [6, 6.07) is 10.4. The minimum atomic E-state index is -0.0561. The Balaban J connectivity index is 0.00000420. The highest BCUT2D eigenvalue weighted by Crippen LogP contribution is 2.21. The predicted octanol–water partition coefficient (Wildman–Crippen LogP) is 1.54. The van der Waals surface area contributed by atoms with Gasteiger partial charge in [0, 0.05) is 52.2 Å². The minimum absolute atomic E-state index is 0. The fourth-order valence-electron chi connectivity index (χ4n) is 2.92. The quantitative estimate of drug-likeness (QED) is 0.311. The summed E-state index contributed by atoms with van der Waals surface area (Å²) in [5.74, 6) is 0.657. The number of aliphatic imine (C=N–C) groups is 1. The van der Waals surface area contributed by atoms with E-state index in [9.17, 15) is 4.79 Å². The Labute approximate surface area is 192 Å². The van der Waals surface area contributed by atoms with E-state index in [-0.39, 0.29) is 41.8 Å². The Morgan fingerprint density at radius 1 is 1.17 bits per heavy atom. The lowest BCUT2D eigenvalue weighted by Gasteiger charge is -2.28. The van der Waals surface area contributed by atoms with Crippen LogP contribution in [0.25, 0.3) is 0 Å². The maximum Gasteiger partial charge on any atom is 0.243 e. The van der Waals surface area contributed by atoms with Crippen LogP contribution < -0.4 is 10.6 Å². The van der Waals surface area contributed by atoms with E-state index in [1.807, 2.05) is 6.07 Å².